The average Bonchev–Trinajstić information content (AvgIpc) is 2.44. The molecule has 0 bridgehead atoms. The molecule has 0 amide bonds. The molecule has 0 radical (unpaired) electrons. The molecule has 84 valence electrons. The Kier molecular flexibility index (Phi) is 2.71. The Hall–Kier alpha value is -1.37. The molecular formula is C15H19N. The van der Waals surface area contributed by atoms with Crippen molar-refractivity contribution in [3.05, 3.63) is 46.3 Å². The maximum Gasteiger partial charge on any atom is 0.0673 e. The molecule has 0 saturated heterocycles. The molecule has 0 aliphatic heterocycles. The summed E-state index contributed by atoms with van der Waals surface area (Å²) in [7, 11) is 0. The predicted octanol–water partition coefficient (Wildman–Crippen LogP) is 4.15. The molecule has 0 aromatic carbocycles. The fourth-order valence-electron chi connectivity index (χ4n) is 2.47. The molecule has 1 heterocycles. The molecule has 1 unspecified atom stereocenters. The standard InChI is InChI=1S/C15H19N/c1-9-7-6-8-14(16-9)15-12(4)10(2)11(3)13(15)5/h6-8,12H,1-5H3. The SMILES string of the molecule is CC1=C(C)C(C)C(c2cccc(C)n2)=C1C. The lowest BCUT2D eigenvalue weighted by Crippen LogP contribution is -1.99. The molecule has 1 aromatic heterocycles. The Bertz CT molecular complexity index is 492. The molecule has 1 atom stereocenters. The van der Waals surface area contributed by atoms with Gasteiger partial charge in [0.05, 0.1) is 5.69 Å². The number of aromatic nitrogens is 1. The van der Waals surface area contributed by atoms with Crippen LogP contribution < -0.4 is 0 Å². The topological polar surface area (TPSA) is 12.9 Å². The minimum Gasteiger partial charge on any atom is -0.253 e. The van der Waals surface area contributed by atoms with E-state index in [1.165, 1.54) is 22.3 Å². The van der Waals surface area contributed by atoms with Gasteiger partial charge in [0.25, 0.3) is 0 Å². The maximum absolute atomic E-state index is 4.64. The van der Waals surface area contributed by atoms with E-state index in [1.54, 1.807) is 0 Å². The normalized spacial score (nSPS) is 20.9. The number of allylic oxidation sites excluding steroid dienone is 4. The van der Waals surface area contributed by atoms with Gasteiger partial charge in [0.15, 0.2) is 0 Å². The van der Waals surface area contributed by atoms with Gasteiger partial charge < -0.3 is 0 Å². The van der Waals surface area contributed by atoms with Gasteiger partial charge in [-0.25, -0.2) is 0 Å². The van der Waals surface area contributed by atoms with Crippen LogP contribution in [0, 0.1) is 12.8 Å². The highest BCUT2D eigenvalue weighted by molar-refractivity contribution is 5.77. The third kappa shape index (κ3) is 1.60. The zero-order chi connectivity index (χ0) is 11.9. The maximum atomic E-state index is 4.64. The van der Waals surface area contributed by atoms with Crippen LogP contribution in [0.25, 0.3) is 5.57 Å². The van der Waals surface area contributed by atoms with Crippen LogP contribution in [0.3, 0.4) is 0 Å². The molecule has 1 aliphatic rings. The lowest BCUT2D eigenvalue weighted by molar-refractivity contribution is 0.886. The first-order valence-corrected chi connectivity index (χ1v) is 5.85. The van der Waals surface area contributed by atoms with E-state index in [9.17, 15) is 0 Å². The Morgan fingerprint density at radius 1 is 1.00 bits per heavy atom. The van der Waals surface area contributed by atoms with Gasteiger partial charge in [-0.3, -0.25) is 4.98 Å². The fraction of sp³-hybridized carbons (Fsp3) is 0.400. The summed E-state index contributed by atoms with van der Waals surface area (Å²) in [6.45, 7) is 11.0. The quantitative estimate of drug-likeness (QED) is 0.683. The van der Waals surface area contributed by atoms with Crippen molar-refractivity contribution < 1.29 is 0 Å². The molecular weight excluding hydrogens is 194 g/mol. The van der Waals surface area contributed by atoms with E-state index in [-0.39, 0.29) is 0 Å². The van der Waals surface area contributed by atoms with Crippen LogP contribution in [-0.2, 0) is 0 Å². The largest absolute Gasteiger partial charge is 0.253 e. The number of pyridine rings is 1. The van der Waals surface area contributed by atoms with Gasteiger partial charge in [-0.05, 0) is 56.5 Å². The summed E-state index contributed by atoms with van der Waals surface area (Å²) in [5.41, 5.74) is 7.96. The second kappa shape index (κ2) is 3.89. The van der Waals surface area contributed by atoms with Gasteiger partial charge in [0.1, 0.15) is 0 Å². The van der Waals surface area contributed by atoms with Crippen molar-refractivity contribution in [2.45, 2.75) is 34.6 Å². The van der Waals surface area contributed by atoms with E-state index < -0.39 is 0 Å². The number of aryl methyl sites for hydroxylation is 1. The molecule has 2 rings (SSSR count). The first-order valence-electron chi connectivity index (χ1n) is 5.85. The molecule has 1 nitrogen and oxygen atoms in total. The summed E-state index contributed by atoms with van der Waals surface area (Å²) in [6.07, 6.45) is 0. The van der Waals surface area contributed by atoms with E-state index >= 15 is 0 Å². The Balaban J connectivity index is 2.52. The van der Waals surface area contributed by atoms with Crippen molar-refractivity contribution >= 4 is 5.57 Å². The zero-order valence-electron chi connectivity index (χ0n) is 10.8. The van der Waals surface area contributed by atoms with E-state index in [0.29, 0.717) is 5.92 Å². The van der Waals surface area contributed by atoms with Gasteiger partial charge in [-0.15, -0.1) is 0 Å². The summed E-state index contributed by atoms with van der Waals surface area (Å²) >= 11 is 0. The van der Waals surface area contributed by atoms with Gasteiger partial charge in [0.2, 0.25) is 0 Å². The Morgan fingerprint density at radius 2 is 1.69 bits per heavy atom. The van der Waals surface area contributed by atoms with Crippen molar-refractivity contribution in [1.29, 1.82) is 0 Å². The molecule has 16 heavy (non-hydrogen) atoms. The zero-order valence-corrected chi connectivity index (χ0v) is 10.8. The number of rotatable bonds is 1. The van der Waals surface area contributed by atoms with Crippen molar-refractivity contribution in [2.75, 3.05) is 0 Å². The first-order chi connectivity index (χ1) is 7.52. The van der Waals surface area contributed by atoms with E-state index in [4.69, 9.17) is 0 Å². The molecule has 0 spiro atoms. The van der Waals surface area contributed by atoms with Crippen molar-refractivity contribution in [3.8, 4) is 0 Å². The number of hydrogen-bond donors (Lipinski definition) is 0. The van der Waals surface area contributed by atoms with Gasteiger partial charge in [-0.1, -0.05) is 18.6 Å². The van der Waals surface area contributed by atoms with Crippen LogP contribution in [0.2, 0.25) is 0 Å². The van der Waals surface area contributed by atoms with Crippen LogP contribution in [0.15, 0.2) is 34.9 Å². The number of nitrogens with zero attached hydrogens (tertiary/aromatic N) is 1. The van der Waals surface area contributed by atoms with E-state index in [0.717, 1.165) is 11.4 Å². The second-order valence-electron chi connectivity index (χ2n) is 4.73. The van der Waals surface area contributed by atoms with E-state index in [1.807, 2.05) is 13.0 Å². The fourth-order valence-corrected chi connectivity index (χ4v) is 2.47. The monoisotopic (exact) mass is 213 g/mol. The third-order valence-corrected chi connectivity index (χ3v) is 3.80. The Morgan fingerprint density at radius 3 is 2.19 bits per heavy atom. The lowest BCUT2D eigenvalue weighted by Gasteiger charge is -2.12. The van der Waals surface area contributed by atoms with Crippen LogP contribution in [0.1, 0.15) is 39.1 Å². The highest BCUT2D eigenvalue weighted by Gasteiger charge is 2.25. The predicted molar refractivity (Wildman–Crippen MR) is 69.1 cm³/mol. The Labute approximate surface area is 97.9 Å². The minimum absolute atomic E-state index is 0.509. The van der Waals surface area contributed by atoms with Crippen molar-refractivity contribution in [2.24, 2.45) is 5.92 Å². The molecule has 0 saturated carbocycles. The molecule has 0 N–H and O–H groups in total. The van der Waals surface area contributed by atoms with Crippen LogP contribution in [0.5, 0.6) is 0 Å². The summed E-state index contributed by atoms with van der Waals surface area (Å²) in [5, 5.41) is 0. The minimum atomic E-state index is 0.509. The van der Waals surface area contributed by atoms with Crippen LogP contribution in [0.4, 0.5) is 0 Å². The van der Waals surface area contributed by atoms with Crippen LogP contribution >= 0.6 is 0 Å². The number of hydrogen-bond acceptors (Lipinski definition) is 1. The van der Waals surface area contributed by atoms with Crippen molar-refractivity contribution in [3.63, 3.8) is 0 Å². The smallest absolute Gasteiger partial charge is 0.0673 e. The first kappa shape index (κ1) is 11.1. The van der Waals surface area contributed by atoms with E-state index in [2.05, 4.69) is 44.8 Å². The van der Waals surface area contributed by atoms with Gasteiger partial charge >= 0.3 is 0 Å². The van der Waals surface area contributed by atoms with Gasteiger partial charge in [0, 0.05) is 11.6 Å². The molecule has 0 fully saturated rings. The second-order valence-corrected chi connectivity index (χ2v) is 4.73. The average molecular weight is 213 g/mol. The third-order valence-electron chi connectivity index (χ3n) is 3.80. The summed E-state index contributed by atoms with van der Waals surface area (Å²) in [4.78, 5) is 4.64. The molecule has 1 aromatic rings. The summed E-state index contributed by atoms with van der Waals surface area (Å²) in [5.74, 6) is 0.509. The van der Waals surface area contributed by atoms with Gasteiger partial charge in [-0.2, -0.15) is 0 Å². The van der Waals surface area contributed by atoms with Crippen molar-refractivity contribution in [1.82, 2.24) is 4.98 Å². The lowest BCUT2D eigenvalue weighted by atomic mass is 9.95. The highest BCUT2D eigenvalue weighted by atomic mass is 14.7. The highest BCUT2D eigenvalue weighted by Crippen LogP contribution is 2.41. The molecule has 1 heteroatoms. The summed E-state index contributed by atoms with van der Waals surface area (Å²) < 4.78 is 0. The molecule has 1 aliphatic carbocycles. The summed E-state index contributed by atoms with van der Waals surface area (Å²) in [6, 6.07) is 6.26. The van der Waals surface area contributed by atoms with Crippen LogP contribution in [-0.4, -0.2) is 4.98 Å².